The van der Waals surface area contributed by atoms with E-state index >= 15 is 0 Å². The van der Waals surface area contributed by atoms with Crippen molar-refractivity contribution in [2.75, 3.05) is 6.54 Å². The molecule has 5 aromatic rings. The summed E-state index contributed by atoms with van der Waals surface area (Å²) in [5.74, 6) is -5.91. The maximum atomic E-state index is 14.7. The lowest BCUT2D eigenvalue weighted by molar-refractivity contribution is -0.136. The summed E-state index contributed by atoms with van der Waals surface area (Å²) in [7, 11) is 0. The fraction of sp³-hybridized carbons (Fsp3) is 0.377. The Morgan fingerprint density at radius 3 is 1.58 bits per heavy atom. The maximum absolute atomic E-state index is 14.7. The Bertz CT molecular complexity index is 2590. The number of amides is 7. The fourth-order valence-electron chi connectivity index (χ4n) is 8.15. The third-order valence-electron chi connectivity index (χ3n) is 12.2. The van der Waals surface area contributed by atoms with Crippen LogP contribution in [0.4, 0.5) is 0 Å². The van der Waals surface area contributed by atoms with E-state index in [-0.39, 0.29) is 44.4 Å². The Balaban J connectivity index is 1.41. The second kappa shape index (κ2) is 27.1. The molecule has 0 saturated heterocycles. The van der Waals surface area contributed by atoms with Crippen LogP contribution in [0.3, 0.4) is 0 Å². The van der Waals surface area contributed by atoms with Crippen LogP contribution in [0.25, 0.3) is 10.9 Å². The van der Waals surface area contributed by atoms with E-state index < -0.39 is 95.7 Å². The molecule has 0 unspecified atom stereocenters. The van der Waals surface area contributed by atoms with Crippen molar-refractivity contribution in [3.63, 3.8) is 0 Å². The average Bonchev–Trinajstić information content (AvgIpc) is 3.77. The normalized spacial score (nSPS) is 14.6. The summed E-state index contributed by atoms with van der Waals surface area (Å²) in [6, 6.07) is 22.5. The molecule has 19 heteroatoms. The van der Waals surface area contributed by atoms with E-state index in [0.29, 0.717) is 29.5 Å². The van der Waals surface area contributed by atoms with E-state index in [9.17, 15) is 43.8 Å². The monoisotopic (exact) mass is 989 g/mol. The van der Waals surface area contributed by atoms with Crippen LogP contribution >= 0.6 is 0 Å². The molecule has 0 radical (unpaired) electrons. The molecular formula is C53H68N10O9. The molecule has 0 aliphatic carbocycles. The summed E-state index contributed by atoms with van der Waals surface area (Å²) in [5.41, 5.74) is 21.1. The van der Waals surface area contributed by atoms with Crippen LogP contribution in [0.1, 0.15) is 62.3 Å². The first-order valence-electron chi connectivity index (χ1n) is 24.1. The van der Waals surface area contributed by atoms with Crippen molar-refractivity contribution in [1.29, 1.82) is 0 Å². The number of aromatic hydroxyl groups is 1. The number of aromatic nitrogens is 1. The van der Waals surface area contributed by atoms with Gasteiger partial charge in [-0.05, 0) is 85.5 Å². The number of aliphatic hydroxyl groups excluding tert-OH is 1. The molecule has 19 nitrogen and oxygen atoms in total. The number of benzene rings is 4. The Hall–Kier alpha value is -7.61. The highest BCUT2D eigenvalue weighted by Crippen LogP contribution is 2.20. The van der Waals surface area contributed by atoms with Gasteiger partial charge in [0.1, 0.15) is 42.0 Å². The number of fused-ring (bicyclic) bond motifs is 1. The number of nitrogens with two attached hydrogens (primary N) is 3. The van der Waals surface area contributed by atoms with Gasteiger partial charge in [-0.1, -0.05) is 105 Å². The van der Waals surface area contributed by atoms with Gasteiger partial charge in [0.25, 0.3) is 0 Å². The summed E-state index contributed by atoms with van der Waals surface area (Å²) >= 11 is 0. The number of aromatic amines is 1. The number of unbranched alkanes of at least 4 members (excludes halogenated alkanes) is 1. The van der Waals surface area contributed by atoms with E-state index in [4.69, 9.17) is 17.2 Å². The number of carbonyl (C=O) groups excluding carboxylic acids is 7. The standard InChI is InChI=1S/C53H68N10O9/c1-31(2)45(53(72)61-43(27-34-16-8-5-9-17-34)52(71)63-46(32(3)64)47(56)66)62-49(68)41(20-12-13-25-54)58-51(70)44(29-36-30-57-40-19-11-10-18-38(36)40)60-50(69)42(28-35-21-23-37(65)24-22-35)59-48(67)39(55)26-33-14-6-4-7-15-33/h4-11,14-19,21-24,30-32,39,41-46,57,64-65H,12-13,20,25-29,54-55H2,1-3H3,(H2,56,66)(H,58,70)(H,59,67)(H,60,69)(H,61,72)(H,62,68)(H,63,71)/t32-,39+,41+,42+,43+,44-,45+,46+/m1/s1. The van der Waals surface area contributed by atoms with Gasteiger partial charge >= 0.3 is 0 Å². The van der Waals surface area contributed by atoms with E-state index in [1.165, 1.54) is 19.1 Å². The summed E-state index contributed by atoms with van der Waals surface area (Å²) in [6.07, 6.45) is 1.40. The number of phenolic OH excluding ortho intramolecular Hbond substituents is 1. The van der Waals surface area contributed by atoms with Crippen molar-refractivity contribution in [2.24, 2.45) is 23.1 Å². The minimum atomic E-state index is -1.46. The number of aliphatic hydroxyl groups is 1. The number of carbonyl (C=O) groups is 7. The largest absolute Gasteiger partial charge is 0.508 e. The smallest absolute Gasteiger partial charge is 0.243 e. The zero-order valence-corrected chi connectivity index (χ0v) is 40.8. The second-order valence-electron chi connectivity index (χ2n) is 18.3. The molecule has 72 heavy (non-hydrogen) atoms. The number of primary amides is 1. The zero-order chi connectivity index (χ0) is 52.3. The molecule has 15 N–H and O–H groups in total. The van der Waals surface area contributed by atoms with Gasteiger partial charge in [-0.25, -0.2) is 0 Å². The van der Waals surface area contributed by atoms with E-state index in [2.05, 4.69) is 36.9 Å². The number of phenols is 1. The molecule has 0 fully saturated rings. The Labute approximate surface area is 418 Å². The number of nitrogens with one attached hydrogen (secondary N) is 7. The third-order valence-corrected chi connectivity index (χ3v) is 12.2. The molecule has 0 spiro atoms. The minimum absolute atomic E-state index is 0.00197. The molecule has 4 aromatic carbocycles. The topological polar surface area (TPSA) is 326 Å². The van der Waals surface area contributed by atoms with Crippen molar-refractivity contribution in [3.8, 4) is 5.75 Å². The number of rotatable bonds is 27. The first-order valence-corrected chi connectivity index (χ1v) is 24.1. The summed E-state index contributed by atoms with van der Waals surface area (Å²) in [4.78, 5) is 100. The SMILES string of the molecule is CC(C)[C@H](NC(=O)[C@H](CCCCN)NC(=O)[C@@H](Cc1c[nH]c2ccccc12)NC(=O)[C@H](Cc1ccc(O)cc1)NC(=O)[C@@H](N)Cc1ccccc1)C(=O)N[C@@H](Cc1ccccc1)C(=O)N[C@H](C(N)=O)[C@@H](C)O. The van der Waals surface area contributed by atoms with Crippen LogP contribution in [-0.2, 0) is 59.2 Å². The minimum Gasteiger partial charge on any atom is -0.508 e. The number of para-hydroxylation sites is 1. The van der Waals surface area contributed by atoms with Crippen LogP contribution in [0.5, 0.6) is 5.75 Å². The Morgan fingerprint density at radius 2 is 1.01 bits per heavy atom. The van der Waals surface area contributed by atoms with Gasteiger partial charge in [-0.2, -0.15) is 0 Å². The highest BCUT2D eigenvalue weighted by molar-refractivity contribution is 5.98. The molecule has 384 valence electrons. The van der Waals surface area contributed by atoms with Gasteiger partial charge < -0.3 is 64.3 Å². The van der Waals surface area contributed by atoms with Crippen molar-refractivity contribution in [1.82, 2.24) is 36.9 Å². The predicted molar refractivity (Wildman–Crippen MR) is 272 cm³/mol. The number of H-pyrrole nitrogens is 1. The lowest BCUT2D eigenvalue weighted by Gasteiger charge is -2.29. The second-order valence-corrected chi connectivity index (χ2v) is 18.3. The highest BCUT2D eigenvalue weighted by Gasteiger charge is 2.35. The quantitative estimate of drug-likeness (QED) is 0.0330. The summed E-state index contributed by atoms with van der Waals surface area (Å²) < 4.78 is 0. The first kappa shape index (κ1) is 55.3. The predicted octanol–water partition coefficient (Wildman–Crippen LogP) is 1.03. The molecule has 8 atom stereocenters. The molecule has 1 heterocycles. The van der Waals surface area contributed by atoms with Crippen LogP contribution in [0, 0.1) is 5.92 Å². The van der Waals surface area contributed by atoms with Crippen molar-refractivity contribution in [2.45, 2.75) is 114 Å². The molecule has 0 bridgehead atoms. The van der Waals surface area contributed by atoms with Crippen molar-refractivity contribution in [3.05, 3.63) is 138 Å². The van der Waals surface area contributed by atoms with Crippen molar-refractivity contribution < 1.29 is 43.8 Å². The molecule has 1 aromatic heterocycles. The van der Waals surface area contributed by atoms with Crippen LogP contribution in [0.15, 0.2) is 115 Å². The first-order chi connectivity index (χ1) is 34.4. The molecule has 5 rings (SSSR count). The Morgan fingerprint density at radius 1 is 0.542 bits per heavy atom. The number of hydrogen-bond donors (Lipinski definition) is 12. The van der Waals surface area contributed by atoms with Crippen LogP contribution in [0.2, 0.25) is 0 Å². The fourth-order valence-corrected chi connectivity index (χ4v) is 8.15. The summed E-state index contributed by atoms with van der Waals surface area (Å²) in [5, 5.41) is 37.3. The lowest BCUT2D eigenvalue weighted by Crippen LogP contribution is -2.61. The molecule has 0 aliphatic heterocycles. The van der Waals surface area contributed by atoms with Gasteiger partial charge in [0.05, 0.1) is 12.1 Å². The summed E-state index contributed by atoms with van der Waals surface area (Å²) in [6.45, 7) is 4.94. The van der Waals surface area contributed by atoms with Crippen molar-refractivity contribution >= 4 is 52.3 Å². The third kappa shape index (κ3) is 16.5. The van der Waals surface area contributed by atoms with E-state index in [0.717, 1.165) is 16.5 Å². The van der Waals surface area contributed by atoms with Gasteiger partial charge in [0.15, 0.2) is 0 Å². The van der Waals surface area contributed by atoms with Gasteiger partial charge in [0, 0.05) is 36.4 Å². The van der Waals surface area contributed by atoms with Gasteiger partial charge in [0.2, 0.25) is 41.4 Å². The van der Waals surface area contributed by atoms with Gasteiger partial charge in [-0.15, -0.1) is 0 Å². The van der Waals surface area contributed by atoms with E-state index in [1.54, 1.807) is 62.5 Å². The van der Waals surface area contributed by atoms with E-state index in [1.807, 2.05) is 54.6 Å². The maximum Gasteiger partial charge on any atom is 0.243 e. The Kier molecular flexibility index (Phi) is 20.8. The lowest BCUT2D eigenvalue weighted by atomic mass is 9.99. The molecule has 7 amide bonds. The molecule has 0 aliphatic rings. The van der Waals surface area contributed by atoms with Crippen LogP contribution in [-0.4, -0.2) is 111 Å². The molecule has 0 saturated carbocycles. The number of hydrogen-bond acceptors (Lipinski definition) is 11. The van der Waals surface area contributed by atoms with Crippen LogP contribution < -0.4 is 49.1 Å². The zero-order valence-electron chi connectivity index (χ0n) is 40.8. The molecular weight excluding hydrogens is 921 g/mol. The van der Waals surface area contributed by atoms with Gasteiger partial charge in [-0.3, -0.25) is 33.6 Å². The average molecular weight is 989 g/mol. The highest BCUT2D eigenvalue weighted by atomic mass is 16.3.